The predicted octanol–water partition coefficient (Wildman–Crippen LogP) is -2.18. The van der Waals surface area contributed by atoms with E-state index in [0.29, 0.717) is 11.2 Å². The number of anilines is 1. The summed E-state index contributed by atoms with van der Waals surface area (Å²) in [6, 6.07) is 4.24. The molecule has 1 fully saturated rings. The van der Waals surface area contributed by atoms with Crippen molar-refractivity contribution in [1.82, 2.24) is 19.8 Å². The van der Waals surface area contributed by atoms with Gasteiger partial charge >= 0.3 is 0 Å². The van der Waals surface area contributed by atoms with E-state index in [0.717, 1.165) is 16.2 Å². The number of nitrogens with zero attached hydrogens (tertiary/aromatic N) is 5. The number of nitrogen functional groups attached to an aromatic ring is 1. The first-order chi connectivity index (χ1) is 18.2. The quantitative estimate of drug-likeness (QED) is 0.119. The number of nitrogens with two attached hydrogens (primary N) is 2. The van der Waals surface area contributed by atoms with Gasteiger partial charge in [0.2, 0.25) is 5.69 Å². The summed E-state index contributed by atoms with van der Waals surface area (Å²) in [5.41, 5.74) is 12.1. The lowest BCUT2D eigenvalue weighted by Gasteiger charge is -2.50. The van der Waals surface area contributed by atoms with E-state index in [-0.39, 0.29) is 40.2 Å². The highest BCUT2D eigenvalue weighted by atomic mass is 32.2. The first-order valence-corrected chi connectivity index (χ1v) is 12.9. The van der Waals surface area contributed by atoms with Crippen molar-refractivity contribution in [2.75, 3.05) is 18.6 Å². The molecule has 2 atom stereocenters. The number of thioether (sulfide) groups is 1. The third-order valence-electron chi connectivity index (χ3n) is 5.97. The molecule has 5 heterocycles. The minimum atomic E-state index is -1.53. The minimum Gasteiger partial charge on any atom is -0.543 e. The van der Waals surface area contributed by atoms with Crippen molar-refractivity contribution in [3.8, 4) is 0 Å². The molecule has 1 saturated heterocycles. The number of hydrogen-bond donors (Lipinski definition) is 3. The van der Waals surface area contributed by atoms with E-state index >= 15 is 0 Å². The van der Waals surface area contributed by atoms with E-state index in [4.69, 9.17) is 16.3 Å². The number of nitrogens with one attached hydrogen (secondary N) is 1. The van der Waals surface area contributed by atoms with Crippen LogP contribution in [0.25, 0.3) is 5.65 Å². The fourth-order valence-electron chi connectivity index (χ4n) is 4.36. The smallest absolute Gasteiger partial charge is 0.292 e. The van der Waals surface area contributed by atoms with Gasteiger partial charge in [-0.1, -0.05) is 11.2 Å². The first-order valence-electron chi connectivity index (χ1n) is 11.0. The fraction of sp³-hybridized carbons (Fsp3) is 0.227. The molecular formula is C22H20N8O6S2. The van der Waals surface area contributed by atoms with Crippen molar-refractivity contribution < 1.29 is 33.5 Å². The number of amides is 3. The number of imidazole rings is 1. The van der Waals surface area contributed by atoms with E-state index in [9.17, 15) is 24.3 Å². The maximum Gasteiger partial charge on any atom is 0.292 e. The van der Waals surface area contributed by atoms with Gasteiger partial charge in [-0.3, -0.25) is 19.3 Å². The third kappa shape index (κ3) is 4.22. The lowest BCUT2D eigenvalue weighted by atomic mass is 10.0. The van der Waals surface area contributed by atoms with Crippen molar-refractivity contribution in [1.29, 1.82) is 0 Å². The molecule has 0 bridgehead atoms. The zero-order valence-corrected chi connectivity index (χ0v) is 21.3. The molecule has 0 aliphatic carbocycles. The van der Waals surface area contributed by atoms with Gasteiger partial charge in [-0.05, 0) is 6.07 Å². The van der Waals surface area contributed by atoms with Crippen LogP contribution in [0.2, 0.25) is 0 Å². The number of oxime groups is 1. The van der Waals surface area contributed by atoms with Crippen molar-refractivity contribution >= 4 is 63.3 Å². The molecule has 16 heteroatoms. The average molecular weight is 557 g/mol. The highest BCUT2D eigenvalue weighted by Crippen LogP contribution is 2.40. The van der Waals surface area contributed by atoms with Crippen LogP contribution >= 0.6 is 23.1 Å². The Kier molecular flexibility index (Phi) is 6.50. The van der Waals surface area contributed by atoms with Gasteiger partial charge in [-0.2, -0.15) is 4.40 Å². The van der Waals surface area contributed by atoms with Gasteiger partial charge in [0.15, 0.2) is 10.8 Å². The van der Waals surface area contributed by atoms with Crippen LogP contribution < -0.4 is 26.3 Å². The number of carboxylic acids is 1. The van der Waals surface area contributed by atoms with Crippen LogP contribution in [0.1, 0.15) is 16.2 Å². The molecule has 3 amide bonds. The molecule has 5 rings (SSSR count). The van der Waals surface area contributed by atoms with Gasteiger partial charge < -0.3 is 31.5 Å². The van der Waals surface area contributed by atoms with E-state index in [1.807, 2.05) is 0 Å². The molecule has 5 N–H and O–H groups in total. The SMILES string of the molecule is CO/N=C(\C(=O)N[C@@H]1C(=O)N2C(C(=O)[O-])=C(Cn3cc(C(N)=O)[n+]4ccccc34)CS[C@H]12)c1csc(N)n1. The Labute approximate surface area is 222 Å². The molecule has 2 aliphatic rings. The lowest BCUT2D eigenvalue weighted by molar-refractivity contribution is -0.513. The Hall–Kier alpha value is -4.44. The van der Waals surface area contributed by atoms with E-state index in [1.54, 1.807) is 33.4 Å². The number of primary amides is 1. The predicted molar refractivity (Wildman–Crippen MR) is 133 cm³/mol. The second-order valence-corrected chi connectivity index (χ2v) is 10.2. The maximum absolute atomic E-state index is 13.1. The van der Waals surface area contributed by atoms with Crippen LogP contribution in [0, 0.1) is 0 Å². The Morgan fingerprint density at radius 3 is 2.82 bits per heavy atom. The van der Waals surface area contributed by atoms with Crippen LogP contribution in [0.3, 0.4) is 0 Å². The highest BCUT2D eigenvalue weighted by molar-refractivity contribution is 8.00. The van der Waals surface area contributed by atoms with Crippen LogP contribution in [0.15, 0.2) is 52.4 Å². The first kappa shape index (κ1) is 25.2. The zero-order chi connectivity index (χ0) is 27.1. The highest BCUT2D eigenvalue weighted by Gasteiger charge is 2.53. The zero-order valence-electron chi connectivity index (χ0n) is 19.7. The number of β-lactam (4-membered cyclic amide) rings is 1. The fourth-order valence-corrected chi connectivity index (χ4v) is 6.24. The number of thiazole rings is 1. The number of carboxylic acid groups (broad SMARTS) is 1. The lowest BCUT2D eigenvalue weighted by Crippen LogP contribution is -2.71. The van der Waals surface area contributed by atoms with Crippen molar-refractivity contribution in [3.05, 3.63) is 58.6 Å². The molecule has 38 heavy (non-hydrogen) atoms. The molecule has 0 aromatic carbocycles. The summed E-state index contributed by atoms with van der Waals surface area (Å²) in [5.74, 6) is -3.29. The number of aliphatic carboxylic acids is 1. The molecular weight excluding hydrogens is 536 g/mol. The normalized spacial score (nSPS) is 19.2. The van der Waals surface area contributed by atoms with Gasteiger partial charge in [0, 0.05) is 22.8 Å². The maximum atomic E-state index is 13.1. The molecule has 3 aromatic heterocycles. The van der Waals surface area contributed by atoms with Gasteiger partial charge in [-0.15, -0.1) is 23.1 Å². The summed E-state index contributed by atoms with van der Waals surface area (Å²) in [7, 11) is 1.26. The summed E-state index contributed by atoms with van der Waals surface area (Å²) < 4.78 is 3.27. The molecule has 14 nitrogen and oxygen atoms in total. The summed E-state index contributed by atoms with van der Waals surface area (Å²) in [6.45, 7) is 0.0700. The Bertz CT molecular complexity index is 1560. The summed E-state index contributed by atoms with van der Waals surface area (Å²) in [4.78, 5) is 59.9. The number of pyridine rings is 1. The minimum absolute atomic E-state index is 0.0700. The number of carbonyl (C=O) groups is 4. The number of fused-ring (bicyclic) bond motifs is 2. The van der Waals surface area contributed by atoms with Gasteiger partial charge in [0.1, 0.15) is 37.0 Å². The molecule has 2 aliphatic heterocycles. The van der Waals surface area contributed by atoms with Crippen LogP contribution in [-0.2, 0) is 25.8 Å². The second-order valence-electron chi connectivity index (χ2n) is 8.23. The molecule has 0 unspecified atom stereocenters. The topological polar surface area (TPSA) is 202 Å². The Balaban J connectivity index is 1.40. The number of rotatable bonds is 8. The average Bonchev–Trinajstić information content (AvgIpc) is 3.49. The standard InChI is InChI=1S/C22H20N8O6S2/c1-36-27-14(11-9-38-22(24)25-11)18(32)26-15-19(33)30-16(21(34)35)10(8-37-20(15)30)6-28-7-12(17(23)31)29-5-3-2-4-13(28)29/h2-5,7,9,15,20H,6,8H2,1H3,(H5-,23,24,25,26,31,32,34,35)/b27-14-/t15-,20-/m1/s1. The number of aromatic nitrogens is 3. The summed E-state index contributed by atoms with van der Waals surface area (Å²) in [5, 5.41) is 19.5. The van der Waals surface area contributed by atoms with E-state index < -0.39 is 35.1 Å². The summed E-state index contributed by atoms with van der Waals surface area (Å²) in [6.07, 6.45) is 3.19. The van der Waals surface area contributed by atoms with Crippen LogP contribution in [0.5, 0.6) is 0 Å². The number of hydrogen-bond acceptors (Lipinski definition) is 11. The molecule has 0 spiro atoms. The Morgan fingerprint density at radius 2 is 2.16 bits per heavy atom. The van der Waals surface area contributed by atoms with Crippen LogP contribution in [0.4, 0.5) is 5.13 Å². The van der Waals surface area contributed by atoms with Gasteiger partial charge in [-0.25, -0.2) is 9.55 Å². The largest absolute Gasteiger partial charge is 0.543 e. The number of carbonyl (C=O) groups excluding carboxylic acids is 4. The molecule has 3 aromatic rings. The van der Waals surface area contributed by atoms with Crippen molar-refractivity contribution in [3.63, 3.8) is 0 Å². The van der Waals surface area contributed by atoms with Crippen LogP contribution in [-0.4, -0.2) is 68.1 Å². The molecule has 0 saturated carbocycles. The van der Waals surface area contributed by atoms with Gasteiger partial charge in [0.05, 0.1) is 17.9 Å². The molecule has 196 valence electrons. The van der Waals surface area contributed by atoms with E-state index in [2.05, 4.69) is 15.5 Å². The van der Waals surface area contributed by atoms with E-state index in [1.165, 1.54) is 30.4 Å². The molecule has 0 radical (unpaired) electrons. The Morgan fingerprint density at radius 1 is 1.37 bits per heavy atom. The third-order valence-corrected chi connectivity index (χ3v) is 7.99. The van der Waals surface area contributed by atoms with Crippen molar-refractivity contribution in [2.24, 2.45) is 10.9 Å². The second kappa shape index (κ2) is 9.79. The monoisotopic (exact) mass is 556 g/mol. The van der Waals surface area contributed by atoms with Gasteiger partial charge in [0.25, 0.3) is 23.4 Å². The van der Waals surface area contributed by atoms with Crippen molar-refractivity contribution in [2.45, 2.75) is 18.0 Å². The summed E-state index contributed by atoms with van der Waals surface area (Å²) >= 11 is 2.39.